The number of hydrogen-bond acceptors (Lipinski definition) is 6. The minimum atomic E-state index is 0.233. The van der Waals surface area contributed by atoms with E-state index in [0.29, 0.717) is 30.2 Å². The maximum absolute atomic E-state index is 12.0. The summed E-state index contributed by atoms with van der Waals surface area (Å²) in [6, 6.07) is 9.83. The van der Waals surface area contributed by atoms with Gasteiger partial charge in [-0.25, -0.2) is 0 Å². The van der Waals surface area contributed by atoms with Crippen LogP contribution in [0, 0.1) is 17.2 Å². The molecule has 0 atom stereocenters. The van der Waals surface area contributed by atoms with E-state index in [0.717, 1.165) is 32.5 Å². The molecule has 27 heavy (non-hydrogen) atoms. The number of likely N-dealkylation sites (tertiary alicyclic amines) is 1. The number of nitrogens with zero attached hydrogens (tertiary/aromatic N) is 5. The van der Waals surface area contributed by atoms with Gasteiger partial charge in [0.25, 0.3) is 0 Å². The average molecular weight is 365 g/mol. The van der Waals surface area contributed by atoms with Gasteiger partial charge in [0.15, 0.2) is 5.82 Å². The van der Waals surface area contributed by atoms with Gasteiger partial charge in [0.05, 0.1) is 17.6 Å². The number of carbonyl (C=O) groups excluding carboxylic acids is 1. The Balaban J connectivity index is 1.22. The number of benzene rings is 1. The second-order valence-corrected chi connectivity index (χ2v) is 7.53. The van der Waals surface area contributed by atoms with Crippen molar-refractivity contribution in [2.45, 2.75) is 31.7 Å². The zero-order valence-electron chi connectivity index (χ0n) is 15.5. The summed E-state index contributed by atoms with van der Waals surface area (Å²) >= 11 is 0. The quantitative estimate of drug-likeness (QED) is 0.745. The molecular weight excluding hydrogens is 342 g/mol. The molecule has 1 aliphatic carbocycles. The predicted molar refractivity (Wildman–Crippen MR) is 97.5 cm³/mol. The van der Waals surface area contributed by atoms with Crippen LogP contribution in [-0.4, -0.2) is 52.5 Å². The third kappa shape index (κ3) is 4.17. The molecule has 0 unspecified atom stereocenters. The first-order chi connectivity index (χ1) is 13.1. The molecule has 140 valence electrons. The minimum Gasteiger partial charge on any atom is -0.345 e. The van der Waals surface area contributed by atoms with Gasteiger partial charge in [-0.05, 0) is 30.5 Å². The van der Waals surface area contributed by atoms with E-state index in [-0.39, 0.29) is 17.7 Å². The second kappa shape index (κ2) is 7.49. The molecule has 2 aliphatic rings. The van der Waals surface area contributed by atoms with Crippen LogP contribution < -0.4 is 0 Å². The summed E-state index contributed by atoms with van der Waals surface area (Å²) in [7, 11) is 1.84. The first kappa shape index (κ1) is 17.7. The Morgan fingerprint density at radius 1 is 1.33 bits per heavy atom. The number of hydrogen-bond donors (Lipinski definition) is 0. The van der Waals surface area contributed by atoms with Crippen molar-refractivity contribution >= 4 is 5.91 Å². The normalized spacial score (nSPS) is 17.3. The van der Waals surface area contributed by atoms with Crippen LogP contribution in [0.15, 0.2) is 28.8 Å². The topological polar surface area (TPSA) is 86.3 Å². The summed E-state index contributed by atoms with van der Waals surface area (Å²) in [5.41, 5.74) is 1.88. The summed E-state index contributed by atoms with van der Waals surface area (Å²) in [6.07, 6.45) is 2.67. The van der Waals surface area contributed by atoms with E-state index < -0.39 is 0 Å². The smallest absolute Gasteiger partial charge is 0.232 e. The number of amides is 1. The molecule has 1 saturated heterocycles. The van der Waals surface area contributed by atoms with Crippen molar-refractivity contribution in [2.75, 3.05) is 26.7 Å². The molecule has 1 amide bonds. The van der Waals surface area contributed by atoms with Crippen LogP contribution >= 0.6 is 0 Å². The van der Waals surface area contributed by atoms with Crippen molar-refractivity contribution in [2.24, 2.45) is 5.92 Å². The maximum Gasteiger partial charge on any atom is 0.232 e. The monoisotopic (exact) mass is 365 g/mol. The largest absolute Gasteiger partial charge is 0.345 e. The van der Waals surface area contributed by atoms with Crippen molar-refractivity contribution < 1.29 is 9.32 Å². The highest BCUT2D eigenvalue weighted by atomic mass is 16.5. The third-order valence-corrected chi connectivity index (χ3v) is 5.25. The molecule has 2 aromatic rings. The van der Waals surface area contributed by atoms with Gasteiger partial charge in [-0.3, -0.25) is 9.69 Å². The van der Waals surface area contributed by atoms with Gasteiger partial charge >= 0.3 is 0 Å². The fourth-order valence-electron chi connectivity index (χ4n) is 3.35. The zero-order chi connectivity index (χ0) is 18.8. The molecular formula is C20H23N5O2. The number of likely N-dealkylation sites (N-methyl/N-ethyl adjacent to an activating group) is 1. The molecule has 0 spiro atoms. The SMILES string of the molecule is CN(CCc1noc(C2CN(Cc3ccc(C#N)cc3)C2)n1)C(=O)C1CC1. The lowest BCUT2D eigenvalue weighted by Crippen LogP contribution is -2.44. The molecule has 1 aromatic carbocycles. The zero-order valence-corrected chi connectivity index (χ0v) is 15.5. The molecule has 7 nitrogen and oxygen atoms in total. The Hall–Kier alpha value is -2.72. The summed E-state index contributed by atoms with van der Waals surface area (Å²) in [6.45, 7) is 3.27. The van der Waals surface area contributed by atoms with E-state index in [1.165, 1.54) is 5.56 Å². The van der Waals surface area contributed by atoms with Crippen LogP contribution in [0.1, 0.15) is 41.6 Å². The van der Waals surface area contributed by atoms with E-state index in [2.05, 4.69) is 21.1 Å². The number of carbonyl (C=O) groups is 1. The molecule has 7 heteroatoms. The van der Waals surface area contributed by atoms with Crippen molar-refractivity contribution in [3.8, 4) is 6.07 Å². The molecule has 1 aromatic heterocycles. The molecule has 1 aliphatic heterocycles. The van der Waals surface area contributed by atoms with E-state index in [1.54, 1.807) is 4.90 Å². The van der Waals surface area contributed by atoms with Gasteiger partial charge in [-0.15, -0.1) is 0 Å². The molecule has 0 N–H and O–H groups in total. The number of rotatable bonds is 7. The molecule has 2 heterocycles. The number of nitriles is 1. The maximum atomic E-state index is 12.0. The Morgan fingerprint density at radius 3 is 2.74 bits per heavy atom. The fourth-order valence-corrected chi connectivity index (χ4v) is 3.35. The van der Waals surface area contributed by atoms with Crippen molar-refractivity contribution in [3.05, 3.63) is 47.1 Å². The average Bonchev–Trinajstić information content (AvgIpc) is 3.41. The van der Waals surface area contributed by atoms with E-state index in [4.69, 9.17) is 9.78 Å². The first-order valence-corrected chi connectivity index (χ1v) is 9.41. The third-order valence-electron chi connectivity index (χ3n) is 5.25. The Bertz CT molecular complexity index is 844. The first-order valence-electron chi connectivity index (χ1n) is 9.41. The summed E-state index contributed by atoms with van der Waals surface area (Å²) in [5, 5.41) is 12.9. The van der Waals surface area contributed by atoms with Gasteiger partial charge < -0.3 is 9.42 Å². The van der Waals surface area contributed by atoms with Gasteiger partial charge in [0, 0.05) is 45.6 Å². The highest BCUT2D eigenvalue weighted by Gasteiger charge is 2.33. The highest BCUT2D eigenvalue weighted by molar-refractivity contribution is 5.80. The molecule has 4 rings (SSSR count). The van der Waals surface area contributed by atoms with Gasteiger partial charge in [0.2, 0.25) is 11.8 Å². The van der Waals surface area contributed by atoms with Gasteiger partial charge in [0.1, 0.15) is 0 Å². The fraction of sp³-hybridized carbons (Fsp3) is 0.500. The summed E-state index contributed by atoms with van der Waals surface area (Å²) in [4.78, 5) is 20.6. The minimum absolute atomic E-state index is 0.233. The van der Waals surface area contributed by atoms with Crippen LogP contribution in [0.3, 0.4) is 0 Å². The van der Waals surface area contributed by atoms with Gasteiger partial charge in [-0.2, -0.15) is 10.2 Å². The van der Waals surface area contributed by atoms with Crippen molar-refractivity contribution in [3.63, 3.8) is 0 Å². The lowest BCUT2D eigenvalue weighted by atomic mass is 9.99. The lowest BCUT2D eigenvalue weighted by Gasteiger charge is -2.37. The summed E-state index contributed by atoms with van der Waals surface area (Å²) in [5.74, 6) is 2.11. The van der Waals surface area contributed by atoms with E-state index in [9.17, 15) is 4.79 Å². The predicted octanol–water partition coefficient (Wildman–Crippen LogP) is 1.95. The van der Waals surface area contributed by atoms with Crippen molar-refractivity contribution in [1.82, 2.24) is 19.9 Å². The number of aromatic nitrogens is 2. The highest BCUT2D eigenvalue weighted by Crippen LogP contribution is 2.30. The standard InChI is InChI=1S/C20H23N5O2/c1-24(20(26)16-6-7-16)9-8-18-22-19(27-23-18)17-12-25(13-17)11-15-4-2-14(10-21)3-5-15/h2-5,16-17H,6-9,11-13H2,1H3. The lowest BCUT2D eigenvalue weighted by molar-refractivity contribution is -0.131. The van der Waals surface area contributed by atoms with Crippen molar-refractivity contribution in [1.29, 1.82) is 5.26 Å². The van der Waals surface area contributed by atoms with E-state index >= 15 is 0 Å². The molecule has 2 fully saturated rings. The van der Waals surface area contributed by atoms with E-state index in [1.807, 2.05) is 31.3 Å². The Morgan fingerprint density at radius 2 is 2.07 bits per heavy atom. The van der Waals surface area contributed by atoms with Crippen LogP contribution in [-0.2, 0) is 17.8 Å². The van der Waals surface area contributed by atoms with Crippen LogP contribution in [0.2, 0.25) is 0 Å². The molecule has 0 bridgehead atoms. The summed E-state index contributed by atoms with van der Waals surface area (Å²) < 4.78 is 5.42. The van der Waals surface area contributed by atoms with Crippen LogP contribution in [0.25, 0.3) is 0 Å². The van der Waals surface area contributed by atoms with Crippen LogP contribution in [0.5, 0.6) is 0 Å². The van der Waals surface area contributed by atoms with Crippen LogP contribution in [0.4, 0.5) is 0 Å². The Kier molecular flexibility index (Phi) is 4.90. The Labute approximate surface area is 158 Å². The second-order valence-electron chi connectivity index (χ2n) is 7.53. The van der Waals surface area contributed by atoms with Gasteiger partial charge in [-0.1, -0.05) is 17.3 Å². The molecule has 1 saturated carbocycles. The molecule has 0 radical (unpaired) electrons.